The summed E-state index contributed by atoms with van der Waals surface area (Å²) in [6.45, 7) is 0.638. The van der Waals surface area contributed by atoms with Crippen LogP contribution in [0.15, 0.2) is 54.0 Å². The van der Waals surface area contributed by atoms with Gasteiger partial charge in [0.15, 0.2) is 0 Å². The highest BCUT2D eigenvalue weighted by Crippen LogP contribution is 2.54. The molecule has 1 aromatic carbocycles. The quantitative estimate of drug-likeness (QED) is 0.460. The van der Waals surface area contributed by atoms with Crippen LogP contribution in [0.3, 0.4) is 0 Å². The van der Waals surface area contributed by atoms with E-state index in [2.05, 4.69) is 15.7 Å². The van der Waals surface area contributed by atoms with E-state index in [4.69, 9.17) is 10.2 Å². The van der Waals surface area contributed by atoms with Crippen LogP contribution >= 0.6 is 11.3 Å². The van der Waals surface area contributed by atoms with E-state index < -0.39 is 5.91 Å². The third-order valence-electron chi connectivity index (χ3n) is 4.63. The van der Waals surface area contributed by atoms with Crippen molar-refractivity contribution in [2.24, 2.45) is 0 Å². The number of rotatable bonds is 6. The van der Waals surface area contributed by atoms with Crippen molar-refractivity contribution in [3.8, 4) is 0 Å². The first-order chi connectivity index (χ1) is 12.7. The number of carbonyl (C=O) groups is 1. The van der Waals surface area contributed by atoms with Crippen molar-refractivity contribution in [1.82, 2.24) is 15.4 Å². The van der Waals surface area contributed by atoms with Crippen LogP contribution in [-0.4, -0.2) is 21.1 Å². The second kappa shape index (κ2) is 6.86. The van der Waals surface area contributed by atoms with E-state index in [0.717, 1.165) is 34.9 Å². The van der Waals surface area contributed by atoms with Crippen LogP contribution in [0.5, 0.6) is 0 Å². The molecule has 1 amide bonds. The Kier molecular flexibility index (Phi) is 4.40. The van der Waals surface area contributed by atoms with Gasteiger partial charge in [0.1, 0.15) is 10.8 Å². The van der Waals surface area contributed by atoms with Crippen molar-refractivity contribution in [3.05, 3.63) is 75.9 Å². The van der Waals surface area contributed by atoms with Crippen molar-refractivity contribution in [3.63, 3.8) is 0 Å². The fourth-order valence-corrected chi connectivity index (χ4v) is 4.11. The number of carbonyl (C=O) groups excluding carboxylic acids is 1. The molecule has 0 bridgehead atoms. The number of thiazole rings is 1. The molecule has 1 saturated carbocycles. The lowest BCUT2D eigenvalue weighted by Gasteiger charge is -2.13. The van der Waals surface area contributed by atoms with E-state index in [1.165, 1.54) is 0 Å². The molecule has 3 N–H and O–H groups in total. The van der Waals surface area contributed by atoms with Gasteiger partial charge in [0.05, 0.1) is 12.2 Å². The van der Waals surface area contributed by atoms with Crippen LogP contribution in [0, 0.1) is 0 Å². The first-order valence-electron chi connectivity index (χ1n) is 8.36. The van der Waals surface area contributed by atoms with Crippen molar-refractivity contribution < 1.29 is 10.0 Å². The van der Waals surface area contributed by atoms with E-state index in [1.54, 1.807) is 35.1 Å². The number of pyridine rings is 1. The molecule has 1 aliphatic rings. The Morgan fingerprint density at radius 1 is 1.19 bits per heavy atom. The Labute approximate surface area is 154 Å². The summed E-state index contributed by atoms with van der Waals surface area (Å²) in [6, 6.07) is 13.1. The second-order valence-corrected chi connectivity index (χ2v) is 7.17. The predicted octanol–water partition coefficient (Wildman–Crippen LogP) is 3.35. The lowest BCUT2D eigenvalue weighted by molar-refractivity contribution is 0.0706. The monoisotopic (exact) mass is 366 g/mol. The molecule has 2 heterocycles. The maximum atomic E-state index is 11.5. The SMILES string of the molecule is O=C(NO)c1ccc(C2(c3nc(CNc4ccccn4)cs3)CC2)cc1. The van der Waals surface area contributed by atoms with Gasteiger partial charge in [0, 0.05) is 22.6 Å². The fourth-order valence-electron chi connectivity index (χ4n) is 3.01. The average Bonchev–Trinajstić information content (AvgIpc) is 3.38. The van der Waals surface area contributed by atoms with E-state index in [0.29, 0.717) is 12.1 Å². The molecule has 132 valence electrons. The minimum atomic E-state index is -0.501. The number of aromatic nitrogens is 2. The molecule has 2 aromatic heterocycles. The molecule has 6 nitrogen and oxygen atoms in total. The molecule has 1 fully saturated rings. The van der Waals surface area contributed by atoms with Gasteiger partial charge in [-0.05, 0) is 42.7 Å². The maximum absolute atomic E-state index is 11.5. The fraction of sp³-hybridized carbons (Fsp3) is 0.211. The molecular weight excluding hydrogens is 348 g/mol. The van der Waals surface area contributed by atoms with Crippen molar-refractivity contribution in [2.75, 3.05) is 5.32 Å². The molecular formula is C19H18N4O2S. The maximum Gasteiger partial charge on any atom is 0.274 e. The summed E-state index contributed by atoms with van der Waals surface area (Å²) < 4.78 is 0. The van der Waals surface area contributed by atoms with Crippen molar-refractivity contribution >= 4 is 23.1 Å². The highest BCUT2D eigenvalue weighted by atomic mass is 32.1. The summed E-state index contributed by atoms with van der Waals surface area (Å²) in [7, 11) is 0. The van der Waals surface area contributed by atoms with Crippen LogP contribution < -0.4 is 10.8 Å². The number of anilines is 1. The van der Waals surface area contributed by atoms with Crippen LogP contribution in [-0.2, 0) is 12.0 Å². The summed E-state index contributed by atoms with van der Waals surface area (Å²) >= 11 is 1.67. The molecule has 7 heteroatoms. The van der Waals surface area contributed by atoms with Crippen LogP contribution in [0.1, 0.15) is 39.5 Å². The lowest BCUT2D eigenvalue weighted by Crippen LogP contribution is -2.18. The highest BCUT2D eigenvalue weighted by Gasteiger charge is 2.48. The van der Waals surface area contributed by atoms with Crippen LogP contribution in [0.4, 0.5) is 5.82 Å². The molecule has 4 rings (SSSR count). The summed E-state index contributed by atoms with van der Waals surface area (Å²) in [6.07, 6.45) is 3.87. The molecule has 0 atom stereocenters. The Balaban J connectivity index is 1.49. The van der Waals surface area contributed by atoms with E-state index in [9.17, 15) is 4.79 Å². The van der Waals surface area contributed by atoms with Gasteiger partial charge in [-0.15, -0.1) is 11.3 Å². The van der Waals surface area contributed by atoms with Gasteiger partial charge in [-0.25, -0.2) is 15.4 Å². The molecule has 0 unspecified atom stereocenters. The minimum Gasteiger partial charge on any atom is -0.364 e. The molecule has 0 radical (unpaired) electrons. The van der Waals surface area contributed by atoms with E-state index >= 15 is 0 Å². The van der Waals surface area contributed by atoms with Gasteiger partial charge in [-0.3, -0.25) is 10.0 Å². The largest absolute Gasteiger partial charge is 0.364 e. The summed E-state index contributed by atoms with van der Waals surface area (Å²) in [5.74, 6) is 0.333. The van der Waals surface area contributed by atoms with Gasteiger partial charge in [-0.2, -0.15) is 0 Å². The Hall–Kier alpha value is -2.77. The first-order valence-corrected chi connectivity index (χ1v) is 9.24. The number of hydroxylamine groups is 1. The van der Waals surface area contributed by atoms with Gasteiger partial charge in [0.2, 0.25) is 0 Å². The van der Waals surface area contributed by atoms with Gasteiger partial charge >= 0.3 is 0 Å². The number of amides is 1. The van der Waals surface area contributed by atoms with Gasteiger partial charge in [0.25, 0.3) is 5.91 Å². The van der Waals surface area contributed by atoms with E-state index in [1.807, 2.05) is 30.3 Å². The van der Waals surface area contributed by atoms with Gasteiger partial charge in [-0.1, -0.05) is 18.2 Å². The first kappa shape index (κ1) is 16.7. The number of nitrogens with one attached hydrogen (secondary N) is 2. The zero-order valence-electron chi connectivity index (χ0n) is 14.0. The standard InChI is InChI=1S/C19H18N4O2S/c24-17(23-25)13-4-6-14(7-5-13)19(8-9-19)18-22-15(12-26-18)11-21-16-3-1-2-10-20-16/h1-7,10,12,25H,8-9,11H2,(H,20,21)(H,23,24). The second-order valence-electron chi connectivity index (χ2n) is 6.31. The molecule has 0 saturated heterocycles. The molecule has 1 aliphatic carbocycles. The highest BCUT2D eigenvalue weighted by molar-refractivity contribution is 7.09. The third-order valence-corrected chi connectivity index (χ3v) is 5.72. The zero-order chi connectivity index (χ0) is 18.0. The van der Waals surface area contributed by atoms with E-state index in [-0.39, 0.29) is 5.41 Å². The zero-order valence-corrected chi connectivity index (χ0v) is 14.8. The van der Waals surface area contributed by atoms with Gasteiger partial charge < -0.3 is 5.32 Å². The normalized spacial score (nSPS) is 14.7. The summed E-state index contributed by atoms with van der Waals surface area (Å²) in [5, 5.41) is 15.2. The number of hydrogen-bond donors (Lipinski definition) is 3. The topological polar surface area (TPSA) is 87.1 Å². The molecule has 3 aromatic rings. The van der Waals surface area contributed by atoms with Crippen molar-refractivity contribution in [2.45, 2.75) is 24.8 Å². The Morgan fingerprint density at radius 3 is 2.65 bits per heavy atom. The Morgan fingerprint density at radius 2 is 2.00 bits per heavy atom. The Bertz CT molecular complexity index is 905. The smallest absolute Gasteiger partial charge is 0.274 e. The molecule has 26 heavy (non-hydrogen) atoms. The summed E-state index contributed by atoms with van der Waals surface area (Å²) in [5.41, 5.74) is 4.21. The molecule has 0 spiro atoms. The minimum absolute atomic E-state index is 0.0395. The number of hydrogen-bond acceptors (Lipinski definition) is 6. The summed E-state index contributed by atoms with van der Waals surface area (Å²) in [4.78, 5) is 20.5. The lowest BCUT2D eigenvalue weighted by atomic mass is 9.95. The van der Waals surface area contributed by atoms with Crippen molar-refractivity contribution in [1.29, 1.82) is 0 Å². The molecule has 0 aliphatic heterocycles. The van der Waals surface area contributed by atoms with Crippen LogP contribution in [0.2, 0.25) is 0 Å². The van der Waals surface area contributed by atoms with Crippen LogP contribution in [0.25, 0.3) is 0 Å². The number of nitrogens with zero attached hydrogens (tertiary/aromatic N) is 2. The third kappa shape index (κ3) is 3.18. The predicted molar refractivity (Wildman–Crippen MR) is 99.4 cm³/mol. The number of benzene rings is 1. The average molecular weight is 366 g/mol.